The Labute approximate surface area is 80.0 Å². The number of carbonyl (C=O) groups excluding carboxylic acids is 1. The highest BCUT2D eigenvalue weighted by Crippen LogP contribution is 2.22. The van der Waals surface area contributed by atoms with Crippen molar-refractivity contribution in [3.05, 3.63) is 12.2 Å². The number of hydrogen-bond acceptors (Lipinski definition) is 2. The summed E-state index contributed by atoms with van der Waals surface area (Å²) in [5.41, 5.74) is 1.35. The lowest BCUT2D eigenvalue weighted by molar-refractivity contribution is -0.147. The molecule has 0 heterocycles. The number of carbonyl (C=O) groups is 1. The van der Waals surface area contributed by atoms with E-state index in [4.69, 9.17) is 4.74 Å². The lowest BCUT2D eigenvalue weighted by Gasteiger charge is -2.20. The highest BCUT2D eigenvalue weighted by atomic mass is 16.5. The van der Waals surface area contributed by atoms with Gasteiger partial charge < -0.3 is 4.74 Å². The third-order valence-corrected chi connectivity index (χ3v) is 2.45. The van der Waals surface area contributed by atoms with Crippen LogP contribution >= 0.6 is 0 Å². The first-order valence-corrected chi connectivity index (χ1v) is 5.02. The zero-order valence-corrected chi connectivity index (χ0v) is 8.34. The van der Waals surface area contributed by atoms with Gasteiger partial charge in [-0.1, -0.05) is 12.2 Å². The second-order valence-corrected chi connectivity index (χ2v) is 3.77. The Balaban J connectivity index is 2.32. The van der Waals surface area contributed by atoms with Gasteiger partial charge in [0.1, 0.15) is 6.10 Å². The molecule has 0 saturated heterocycles. The minimum Gasteiger partial charge on any atom is -0.463 e. The quantitative estimate of drug-likeness (QED) is 0.460. The molecule has 0 aromatic carbocycles. The number of ether oxygens (including phenoxy) is 1. The molecule has 2 heteroatoms. The van der Waals surface area contributed by atoms with Crippen molar-refractivity contribution in [1.29, 1.82) is 0 Å². The van der Waals surface area contributed by atoms with E-state index in [1.807, 2.05) is 0 Å². The Kier molecular flexibility index (Phi) is 4.00. The maximum atomic E-state index is 10.7. The summed E-state index contributed by atoms with van der Waals surface area (Å²) in [5.74, 6) is -0.149. The van der Waals surface area contributed by atoms with Crippen molar-refractivity contribution in [3.8, 4) is 0 Å². The summed E-state index contributed by atoms with van der Waals surface area (Å²) >= 11 is 0. The molecule has 1 aliphatic carbocycles. The first-order chi connectivity index (χ1) is 6.18. The van der Waals surface area contributed by atoms with E-state index in [0.717, 1.165) is 38.5 Å². The number of rotatable bonds is 1. The predicted octanol–water partition coefficient (Wildman–Crippen LogP) is 2.83. The molecule has 0 bridgehead atoms. The van der Waals surface area contributed by atoms with E-state index in [1.165, 1.54) is 12.5 Å². The van der Waals surface area contributed by atoms with Gasteiger partial charge >= 0.3 is 5.97 Å². The van der Waals surface area contributed by atoms with Crippen molar-refractivity contribution in [2.24, 2.45) is 0 Å². The van der Waals surface area contributed by atoms with Crippen LogP contribution in [0, 0.1) is 0 Å². The summed E-state index contributed by atoms with van der Waals surface area (Å²) in [6.45, 7) is 5.48. The molecule has 0 radical (unpaired) electrons. The Morgan fingerprint density at radius 2 is 1.92 bits per heavy atom. The smallest absolute Gasteiger partial charge is 0.302 e. The second-order valence-electron chi connectivity index (χ2n) is 3.77. The van der Waals surface area contributed by atoms with Gasteiger partial charge in [-0.2, -0.15) is 0 Å². The highest BCUT2D eigenvalue weighted by Gasteiger charge is 2.14. The molecule has 1 saturated carbocycles. The van der Waals surface area contributed by atoms with Gasteiger partial charge in [0, 0.05) is 6.92 Å². The first kappa shape index (κ1) is 10.3. The van der Waals surface area contributed by atoms with E-state index < -0.39 is 0 Å². The van der Waals surface area contributed by atoms with Crippen LogP contribution in [0.25, 0.3) is 0 Å². The molecule has 0 aromatic heterocycles. The molecule has 0 unspecified atom stereocenters. The SMILES string of the molecule is C=C1CCCC(OC(C)=O)CCC1. The monoisotopic (exact) mass is 182 g/mol. The molecule has 1 rings (SSSR count). The minimum atomic E-state index is -0.149. The molecule has 0 N–H and O–H groups in total. The van der Waals surface area contributed by atoms with Crippen molar-refractivity contribution in [2.75, 3.05) is 0 Å². The fraction of sp³-hybridized carbons (Fsp3) is 0.727. The van der Waals surface area contributed by atoms with E-state index in [-0.39, 0.29) is 12.1 Å². The van der Waals surface area contributed by atoms with Crippen LogP contribution in [-0.2, 0) is 9.53 Å². The van der Waals surface area contributed by atoms with Crippen molar-refractivity contribution in [2.45, 2.75) is 51.6 Å². The summed E-state index contributed by atoms with van der Waals surface area (Å²) in [6.07, 6.45) is 6.56. The Morgan fingerprint density at radius 1 is 1.38 bits per heavy atom. The minimum absolute atomic E-state index is 0.149. The largest absolute Gasteiger partial charge is 0.463 e. The Morgan fingerprint density at radius 3 is 2.38 bits per heavy atom. The number of hydrogen-bond donors (Lipinski definition) is 0. The van der Waals surface area contributed by atoms with Crippen LogP contribution in [0.3, 0.4) is 0 Å². The van der Waals surface area contributed by atoms with Crippen LogP contribution in [0.5, 0.6) is 0 Å². The molecule has 0 aromatic rings. The molecule has 74 valence electrons. The summed E-state index contributed by atoms with van der Waals surface area (Å²) in [7, 11) is 0. The van der Waals surface area contributed by atoms with Gasteiger partial charge in [0.2, 0.25) is 0 Å². The van der Waals surface area contributed by atoms with Crippen LogP contribution in [0.15, 0.2) is 12.2 Å². The number of esters is 1. The summed E-state index contributed by atoms with van der Waals surface area (Å²) < 4.78 is 5.19. The lowest BCUT2D eigenvalue weighted by atomic mass is 9.95. The van der Waals surface area contributed by atoms with Crippen LogP contribution in [-0.4, -0.2) is 12.1 Å². The van der Waals surface area contributed by atoms with Gasteiger partial charge in [-0.15, -0.1) is 0 Å². The van der Waals surface area contributed by atoms with Gasteiger partial charge in [0.05, 0.1) is 0 Å². The number of allylic oxidation sites excluding steroid dienone is 1. The molecule has 0 aliphatic heterocycles. The highest BCUT2D eigenvalue weighted by molar-refractivity contribution is 5.66. The predicted molar refractivity (Wildman–Crippen MR) is 52.4 cm³/mol. The molecule has 1 fully saturated rings. The van der Waals surface area contributed by atoms with E-state index in [1.54, 1.807) is 0 Å². The van der Waals surface area contributed by atoms with Gasteiger partial charge in [0.25, 0.3) is 0 Å². The zero-order chi connectivity index (χ0) is 9.68. The van der Waals surface area contributed by atoms with Crippen LogP contribution in [0.4, 0.5) is 0 Å². The third kappa shape index (κ3) is 4.11. The van der Waals surface area contributed by atoms with Crippen molar-refractivity contribution in [1.82, 2.24) is 0 Å². The Bertz CT molecular complexity index is 184. The Hall–Kier alpha value is -0.790. The maximum absolute atomic E-state index is 10.7. The third-order valence-electron chi connectivity index (χ3n) is 2.45. The molecule has 0 amide bonds. The average molecular weight is 182 g/mol. The zero-order valence-electron chi connectivity index (χ0n) is 8.34. The molecular formula is C11H18O2. The summed E-state index contributed by atoms with van der Waals surface area (Å²) in [5, 5.41) is 0. The van der Waals surface area contributed by atoms with Crippen molar-refractivity contribution in [3.63, 3.8) is 0 Å². The average Bonchev–Trinajstić information content (AvgIpc) is 1.99. The lowest BCUT2D eigenvalue weighted by Crippen LogP contribution is -2.17. The fourth-order valence-electron chi connectivity index (χ4n) is 1.78. The molecule has 1 aliphatic rings. The standard InChI is InChI=1S/C11H18O2/c1-9-5-3-7-11(8-4-6-9)13-10(2)12/h11H,1,3-8H2,2H3. The molecular weight excluding hydrogens is 164 g/mol. The fourth-order valence-corrected chi connectivity index (χ4v) is 1.78. The van der Waals surface area contributed by atoms with E-state index in [9.17, 15) is 4.79 Å². The van der Waals surface area contributed by atoms with Crippen molar-refractivity contribution >= 4 is 5.97 Å². The molecule has 0 atom stereocenters. The van der Waals surface area contributed by atoms with E-state index in [0.29, 0.717) is 0 Å². The summed E-state index contributed by atoms with van der Waals surface area (Å²) in [4.78, 5) is 10.7. The van der Waals surface area contributed by atoms with E-state index >= 15 is 0 Å². The first-order valence-electron chi connectivity index (χ1n) is 5.02. The normalized spacial score (nSPS) is 20.5. The van der Waals surface area contributed by atoms with Gasteiger partial charge in [-0.25, -0.2) is 0 Å². The van der Waals surface area contributed by atoms with Gasteiger partial charge in [-0.3, -0.25) is 4.79 Å². The topological polar surface area (TPSA) is 26.3 Å². The van der Waals surface area contributed by atoms with Crippen LogP contribution in [0.1, 0.15) is 45.4 Å². The van der Waals surface area contributed by atoms with Gasteiger partial charge in [-0.05, 0) is 38.5 Å². The van der Waals surface area contributed by atoms with E-state index in [2.05, 4.69) is 6.58 Å². The maximum Gasteiger partial charge on any atom is 0.302 e. The van der Waals surface area contributed by atoms with Crippen LogP contribution in [0.2, 0.25) is 0 Å². The molecule has 13 heavy (non-hydrogen) atoms. The summed E-state index contributed by atoms with van der Waals surface area (Å²) in [6, 6.07) is 0. The molecule has 0 spiro atoms. The molecule has 2 nitrogen and oxygen atoms in total. The van der Waals surface area contributed by atoms with Crippen LogP contribution < -0.4 is 0 Å². The van der Waals surface area contributed by atoms with Gasteiger partial charge in [0.15, 0.2) is 0 Å². The second kappa shape index (κ2) is 5.05. The van der Waals surface area contributed by atoms with Crippen molar-refractivity contribution < 1.29 is 9.53 Å².